The van der Waals surface area contributed by atoms with Crippen LogP contribution in [-0.2, 0) is 0 Å². The van der Waals surface area contributed by atoms with Gasteiger partial charge in [0.2, 0.25) is 0 Å². The van der Waals surface area contributed by atoms with Crippen LogP contribution in [0.4, 0.5) is 0 Å². The molecule has 3 heteroatoms. The van der Waals surface area contributed by atoms with Gasteiger partial charge in [-0.15, -0.1) is 11.8 Å². The van der Waals surface area contributed by atoms with E-state index in [1.54, 1.807) is 0 Å². The van der Waals surface area contributed by atoms with Crippen molar-refractivity contribution in [3.63, 3.8) is 0 Å². The molecule has 0 aromatic heterocycles. The molecule has 1 atom stereocenters. The second kappa shape index (κ2) is 6.38. The maximum Gasteiger partial charge on any atom is 0.0766 e. The van der Waals surface area contributed by atoms with E-state index in [1.807, 2.05) is 29.6 Å². The van der Waals surface area contributed by atoms with Crippen LogP contribution in [0.5, 0.6) is 0 Å². The summed E-state index contributed by atoms with van der Waals surface area (Å²) in [5.74, 6) is 3.06. The number of rotatable bonds is 5. The molecule has 2 rings (SSSR count). The van der Waals surface area contributed by atoms with Crippen molar-refractivity contribution in [1.29, 1.82) is 0 Å². The third-order valence-electron chi connectivity index (χ3n) is 2.56. The normalized spacial score (nSPS) is 17.2. The third-order valence-corrected chi connectivity index (χ3v) is 4.55. The van der Waals surface area contributed by atoms with E-state index >= 15 is 0 Å². The first kappa shape index (κ1) is 12.1. The van der Waals surface area contributed by atoms with Gasteiger partial charge in [0.05, 0.1) is 6.10 Å². The topological polar surface area (TPSA) is 20.2 Å². The lowest BCUT2D eigenvalue weighted by atomic mass is 10.1. The lowest BCUT2D eigenvalue weighted by Gasteiger charge is -2.10. The standard InChI is InChI=1S/C13H16OS2/c14-13(11-6-8-15-10-11)7-9-16-12-4-2-1-3-5-12/h1-6,13-14H,7-10H2. The van der Waals surface area contributed by atoms with Gasteiger partial charge in [0.15, 0.2) is 0 Å². The summed E-state index contributed by atoms with van der Waals surface area (Å²) in [7, 11) is 0. The summed E-state index contributed by atoms with van der Waals surface area (Å²) in [5, 5.41) is 9.93. The summed E-state index contributed by atoms with van der Waals surface area (Å²) in [6, 6.07) is 10.4. The molecule has 1 unspecified atom stereocenters. The van der Waals surface area contributed by atoms with E-state index in [2.05, 4.69) is 30.3 Å². The van der Waals surface area contributed by atoms with Gasteiger partial charge in [0.25, 0.3) is 0 Å². The molecule has 0 amide bonds. The highest BCUT2D eigenvalue weighted by molar-refractivity contribution is 7.99. The van der Waals surface area contributed by atoms with Gasteiger partial charge in [-0.3, -0.25) is 0 Å². The van der Waals surface area contributed by atoms with Crippen molar-refractivity contribution in [3.05, 3.63) is 42.0 Å². The molecule has 0 spiro atoms. The van der Waals surface area contributed by atoms with E-state index in [1.165, 1.54) is 10.5 Å². The number of hydrogen-bond donors (Lipinski definition) is 1. The fraction of sp³-hybridized carbons (Fsp3) is 0.385. The largest absolute Gasteiger partial charge is 0.389 e. The fourth-order valence-corrected chi connectivity index (χ4v) is 3.55. The van der Waals surface area contributed by atoms with Crippen LogP contribution in [0.25, 0.3) is 0 Å². The van der Waals surface area contributed by atoms with Crippen molar-refractivity contribution in [1.82, 2.24) is 0 Å². The Morgan fingerprint density at radius 3 is 2.81 bits per heavy atom. The Labute approximate surface area is 105 Å². The highest BCUT2D eigenvalue weighted by Crippen LogP contribution is 2.24. The van der Waals surface area contributed by atoms with Crippen LogP contribution in [0.2, 0.25) is 0 Å². The van der Waals surface area contributed by atoms with Crippen molar-refractivity contribution < 1.29 is 5.11 Å². The first-order valence-corrected chi connectivity index (χ1v) is 7.63. The fourth-order valence-electron chi connectivity index (χ4n) is 1.62. The Bertz CT molecular complexity index is 348. The zero-order chi connectivity index (χ0) is 11.2. The van der Waals surface area contributed by atoms with E-state index in [0.717, 1.165) is 23.7 Å². The Kier molecular flexibility index (Phi) is 4.82. The van der Waals surface area contributed by atoms with E-state index in [4.69, 9.17) is 0 Å². The number of aliphatic hydroxyl groups is 1. The van der Waals surface area contributed by atoms with Crippen molar-refractivity contribution in [3.8, 4) is 0 Å². The van der Waals surface area contributed by atoms with Crippen LogP contribution in [0.1, 0.15) is 6.42 Å². The minimum Gasteiger partial charge on any atom is -0.389 e. The molecular formula is C13H16OS2. The maximum atomic E-state index is 9.93. The highest BCUT2D eigenvalue weighted by atomic mass is 32.2. The molecule has 0 saturated carbocycles. The minimum absolute atomic E-state index is 0.230. The summed E-state index contributed by atoms with van der Waals surface area (Å²) in [5.41, 5.74) is 1.22. The Balaban J connectivity index is 1.72. The quantitative estimate of drug-likeness (QED) is 0.642. The van der Waals surface area contributed by atoms with Crippen LogP contribution in [-0.4, -0.2) is 28.5 Å². The van der Waals surface area contributed by atoms with Gasteiger partial charge in [0, 0.05) is 22.2 Å². The summed E-state index contributed by atoms with van der Waals surface area (Å²) in [6.45, 7) is 0. The Hall–Kier alpha value is -0.380. The number of aliphatic hydroxyl groups excluding tert-OH is 1. The van der Waals surface area contributed by atoms with E-state index in [9.17, 15) is 5.11 Å². The first-order valence-electron chi connectivity index (χ1n) is 5.49. The number of thioether (sulfide) groups is 2. The average molecular weight is 252 g/mol. The summed E-state index contributed by atoms with van der Waals surface area (Å²) in [6.07, 6.45) is 2.79. The smallest absolute Gasteiger partial charge is 0.0766 e. The Morgan fingerprint density at radius 1 is 1.31 bits per heavy atom. The molecule has 16 heavy (non-hydrogen) atoms. The molecule has 1 aliphatic heterocycles. The van der Waals surface area contributed by atoms with Crippen LogP contribution in [0.15, 0.2) is 46.9 Å². The SMILES string of the molecule is OC(CCSc1ccccc1)C1=CCSC1. The average Bonchev–Trinajstić information content (AvgIpc) is 2.84. The predicted octanol–water partition coefficient (Wildman–Crippen LogP) is 3.20. The van der Waals surface area contributed by atoms with Crippen LogP contribution >= 0.6 is 23.5 Å². The minimum atomic E-state index is -0.230. The van der Waals surface area contributed by atoms with Crippen molar-refractivity contribution in [2.45, 2.75) is 17.4 Å². The number of hydrogen-bond acceptors (Lipinski definition) is 3. The van der Waals surface area contributed by atoms with Crippen molar-refractivity contribution in [2.75, 3.05) is 17.3 Å². The van der Waals surface area contributed by atoms with Gasteiger partial charge in [-0.25, -0.2) is 0 Å². The molecule has 1 aromatic rings. The summed E-state index contributed by atoms with van der Waals surface area (Å²) in [4.78, 5) is 1.28. The molecule has 1 heterocycles. The lowest BCUT2D eigenvalue weighted by molar-refractivity contribution is 0.209. The molecule has 0 saturated heterocycles. The van der Waals surface area contributed by atoms with Gasteiger partial charge < -0.3 is 5.11 Å². The molecule has 1 aliphatic rings. The summed E-state index contributed by atoms with van der Waals surface area (Å²) < 4.78 is 0. The molecule has 1 aromatic carbocycles. The lowest BCUT2D eigenvalue weighted by Crippen LogP contribution is -2.11. The van der Waals surface area contributed by atoms with Gasteiger partial charge in [-0.2, -0.15) is 11.8 Å². The van der Waals surface area contributed by atoms with E-state index < -0.39 is 0 Å². The maximum absolute atomic E-state index is 9.93. The van der Waals surface area contributed by atoms with Crippen molar-refractivity contribution >= 4 is 23.5 Å². The first-order chi connectivity index (χ1) is 7.86. The molecule has 1 nitrogen and oxygen atoms in total. The van der Waals surface area contributed by atoms with Crippen LogP contribution in [0, 0.1) is 0 Å². The number of benzene rings is 1. The van der Waals surface area contributed by atoms with Gasteiger partial charge >= 0.3 is 0 Å². The summed E-state index contributed by atoms with van der Waals surface area (Å²) >= 11 is 3.69. The van der Waals surface area contributed by atoms with Gasteiger partial charge in [0.1, 0.15) is 0 Å². The molecule has 0 aliphatic carbocycles. The zero-order valence-electron chi connectivity index (χ0n) is 9.13. The Morgan fingerprint density at radius 2 is 2.12 bits per heavy atom. The van der Waals surface area contributed by atoms with E-state index in [0.29, 0.717) is 0 Å². The second-order valence-corrected chi connectivity index (χ2v) is 5.96. The molecule has 1 N–H and O–H groups in total. The van der Waals surface area contributed by atoms with Gasteiger partial charge in [-0.05, 0) is 24.1 Å². The molecule has 86 valence electrons. The van der Waals surface area contributed by atoms with Crippen molar-refractivity contribution in [2.24, 2.45) is 0 Å². The molecule has 0 bridgehead atoms. The zero-order valence-corrected chi connectivity index (χ0v) is 10.8. The molecule has 0 fully saturated rings. The second-order valence-electron chi connectivity index (χ2n) is 3.76. The van der Waals surface area contributed by atoms with Crippen LogP contribution in [0.3, 0.4) is 0 Å². The van der Waals surface area contributed by atoms with Crippen LogP contribution < -0.4 is 0 Å². The molecule has 0 radical (unpaired) electrons. The molecular weight excluding hydrogens is 236 g/mol. The monoisotopic (exact) mass is 252 g/mol. The van der Waals surface area contributed by atoms with Gasteiger partial charge in [-0.1, -0.05) is 24.3 Å². The third kappa shape index (κ3) is 3.58. The van der Waals surface area contributed by atoms with E-state index in [-0.39, 0.29) is 6.10 Å². The predicted molar refractivity (Wildman–Crippen MR) is 73.2 cm³/mol. The highest BCUT2D eigenvalue weighted by Gasteiger charge is 2.14.